The molecule has 1 rings (SSSR count). The molecule has 1 atom stereocenters. The minimum atomic E-state index is 0.572. The highest BCUT2D eigenvalue weighted by molar-refractivity contribution is 9.10. The predicted molar refractivity (Wildman–Crippen MR) is 71.7 cm³/mol. The fourth-order valence-electron chi connectivity index (χ4n) is 1.46. The molecule has 1 unspecified atom stereocenters. The summed E-state index contributed by atoms with van der Waals surface area (Å²) in [6.07, 6.45) is 2.30. The lowest BCUT2D eigenvalue weighted by atomic mass is 10.1. The maximum Gasteiger partial charge on any atom is 0.0314 e. The van der Waals surface area contributed by atoms with Gasteiger partial charge in [0.15, 0.2) is 0 Å². The summed E-state index contributed by atoms with van der Waals surface area (Å²) in [6, 6.07) is 2.70. The molecule has 0 aliphatic heterocycles. The summed E-state index contributed by atoms with van der Waals surface area (Å²) in [4.78, 5) is 3.67. The highest BCUT2D eigenvalue weighted by Crippen LogP contribution is 2.24. The SMILES string of the molecule is CNC(CCN(C)C)Cc1sccc1Br. The van der Waals surface area contributed by atoms with Crippen LogP contribution in [0.3, 0.4) is 0 Å². The van der Waals surface area contributed by atoms with E-state index in [-0.39, 0.29) is 0 Å². The second-order valence-corrected chi connectivity index (χ2v) is 5.83. The Morgan fingerprint density at radius 3 is 2.73 bits per heavy atom. The number of halogens is 1. The third-order valence-corrected chi connectivity index (χ3v) is 4.40. The molecule has 0 amide bonds. The number of nitrogens with one attached hydrogen (secondary N) is 1. The molecule has 4 heteroatoms. The molecular formula is C11H19BrN2S. The number of rotatable bonds is 6. The average molecular weight is 291 g/mol. The van der Waals surface area contributed by atoms with E-state index in [0.717, 1.165) is 13.0 Å². The molecule has 0 spiro atoms. The average Bonchev–Trinajstić information content (AvgIpc) is 2.58. The number of likely N-dealkylation sites (N-methyl/N-ethyl adjacent to an activating group) is 1. The van der Waals surface area contributed by atoms with E-state index in [1.54, 1.807) is 0 Å². The monoisotopic (exact) mass is 290 g/mol. The lowest BCUT2D eigenvalue weighted by Crippen LogP contribution is -2.31. The smallest absolute Gasteiger partial charge is 0.0314 e. The van der Waals surface area contributed by atoms with Crippen molar-refractivity contribution in [2.45, 2.75) is 18.9 Å². The van der Waals surface area contributed by atoms with E-state index in [1.807, 2.05) is 18.4 Å². The first-order valence-electron chi connectivity index (χ1n) is 5.17. The van der Waals surface area contributed by atoms with Gasteiger partial charge in [-0.25, -0.2) is 0 Å². The van der Waals surface area contributed by atoms with E-state index in [2.05, 4.69) is 51.7 Å². The van der Waals surface area contributed by atoms with Crippen molar-refractivity contribution in [2.75, 3.05) is 27.7 Å². The van der Waals surface area contributed by atoms with E-state index in [1.165, 1.54) is 15.8 Å². The summed E-state index contributed by atoms with van der Waals surface area (Å²) in [5, 5.41) is 5.52. The van der Waals surface area contributed by atoms with Crippen molar-refractivity contribution >= 4 is 27.3 Å². The largest absolute Gasteiger partial charge is 0.317 e. The second kappa shape index (κ2) is 6.63. The zero-order chi connectivity index (χ0) is 11.3. The van der Waals surface area contributed by atoms with E-state index in [0.29, 0.717) is 6.04 Å². The maximum atomic E-state index is 3.58. The Kier molecular flexibility index (Phi) is 5.82. The molecule has 1 aromatic rings. The first kappa shape index (κ1) is 13.2. The molecule has 2 nitrogen and oxygen atoms in total. The fraction of sp³-hybridized carbons (Fsp3) is 0.636. The summed E-state index contributed by atoms with van der Waals surface area (Å²) < 4.78 is 1.25. The van der Waals surface area contributed by atoms with Crippen LogP contribution in [-0.2, 0) is 6.42 Å². The van der Waals surface area contributed by atoms with Gasteiger partial charge in [-0.05, 0) is 67.9 Å². The maximum absolute atomic E-state index is 3.58. The molecule has 0 saturated carbocycles. The Morgan fingerprint density at radius 2 is 2.27 bits per heavy atom. The van der Waals surface area contributed by atoms with Crippen molar-refractivity contribution in [1.82, 2.24) is 10.2 Å². The molecule has 0 aliphatic carbocycles. The Morgan fingerprint density at radius 1 is 1.53 bits per heavy atom. The van der Waals surface area contributed by atoms with Gasteiger partial charge in [-0.15, -0.1) is 11.3 Å². The highest BCUT2D eigenvalue weighted by Gasteiger charge is 2.10. The van der Waals surface area contributed by atoms with Crippen molar-refractivity contribution in [3.63, 3.8) is 0 Å². The second-order valence-electron chi connectivity index (χ2n) is 3.97. The van der Waals surface area contributed by atoms with E-state index in [9.17, 15) is 0 Å². The summed E-state index contributed by atoms with van der Waals surface area (Å²) in [5.41, 5.74) is 0. The van der Waals surface area contributed by atoms with Crippen molar-refractivity contribution < 1.29 is 0 Å². The molecule has 1 heterocycles. The van der Waals surface area contributed by atoms with Gasteiger partial charge < -0.3 is 10.2 Å². The lowest BCUT2D eigenvalue weighted by Gasteiger charge is -2.18. The highest BCUT2D eigenvalue weighted by atomic mass is 79.9. The van der Waals surface area contributed by atoms with E-state index >= 15 is 0 Å². The van der Waals surface area contributed by atoms with Gasteiger partial charge in [-0.1, -0.05) is 0 Å². The molecule has 1 aromatic heterocycles. The van der Waals surface area contributed by atoms with Crippen LogP contribution in [0.2, 0.25) is 0 Å². The molecule has 0 radical (unpaired) electrons. The standard InChI is InChI=1S/C11H19BrN2S/c1-13-9(4-6-14(2)3)8-11-10(12)5-7-15-11/h5,7,9,13H,4,6,8H2,1-3H3. The van der Waals surface area contributed by atoms with Crippen LogP contribution >= 0.6 is 27.3 Å². The van der Waals surface area contributed by atoms with Crippen LogP contribution < -0.4 is 5.32 Å². The van der Waals surface area contributed by atoms with Crippen LogP contribution in [-0.4, -0.2) is 38.6 Å². The van der Waals surface area contributed by atoms with Gasteiger partial charge in [0.2, 0.25) is 0 Å². The summed E-state index contributed by atoms with van der Waals surface area (Å²) in [5.74, 6) is 0. The fourth-order valence-corrected chi connectivity index (χ4v) is 3.05. The van der Waals surface area contributed by atoms with Crippen LogP contribution in [0, 0.1) is 0 Å². The van der Waals surface area contributed by atoms with Gasteiger partial charge in [-0.3, -0.25) is 0 Å². The van der Waals surface area contributed by atoms with Crippen LogP contribution in [0.1, 0.15) is 11.3 Å². The number of nitrogens with zero attached hydrogens (tertiary/aromatic N) is 1. The van der Waals surface area contributed by atoms with E-state index < -0.39 is 0 Å². The third-order valence-electron chi connectivity index (χ3n) is 2.46. The molecule has 86 valence electrons. The van der Waals surface area contributed by atoms with Gasteiger partial charge in [-0.2, -0.15) is 0 Å². The normalized spacial score (nSPS) is 13.4. The van der Waals surface area contributed by atoms with E-state index in [4.69, 9.17) is 0 Å². The minimum Gasteiger partial charge on any atom is -0.317 e. The quantitative estimate of drug-likeness (QED) is 0.866. The van der Waals surface area contributed by atoms with Crippen LogP contribution in [0.5, 0.6) is 0 Å². The molecule has 0 bridgehead atoms. The first-order chi connectivity index (χ1) is 7.13. The molecule has 0 saturated heterocycles. The van der Waals surface area contributed by atoms with Gasteiger partial charge in [0.1, 0.15) is 0 Å². The number of hydrogen-bond acceptors (Lipinski definition) is 3. The van der Waals surface area contributed by atoms with Gasteiger partial charge in [0.05, 0.1) is 0 Å². The Bertz CT molecular complexity index is 286. The van der Waals surface area contributed by atoms with Crippen molar-refractivity contribution in [2.24, 2.45) is 0 Å². The zero-order valence-electron chi connectivity index (χ0n) is 9.59. The molecular weight excluding hydrogens is 272 g/mol. The summed E-state index contributed by atoms with van der Waals surface area (Å²) in [7, 11) is 6.28. The summed E-state index contributed by atoms with van der Waals surface area (Å²) in [6.45, 7) is 1.13. The molecule has 1 N–H and O–H groups in total. The van der Waals surface area contributed by atoms with Gasteiger partial charge in [0, 0.05) is 15.4 Å². The molecule has 0 aromatic carbocycles. The Balaban J connectivity index is 2.43. The minimum absolute atomic E-state index is 0.572. The molecule has 15 heavy (non-hydrogen) atoms. The van der Waals surface area contributed by atoms with Gasteiger partial charge >= 0.3 is 0 Å². The van der Waals surface area contributed by atoms with Crippen LogP contribution in [0.15, 0.2) is 15.9 Å². The Hall–Kier alpha value is 0.100. The van der Waals surface area contributed by atoms with Crippen molar-refractivity contribution in [1.29, 1.82) is 0 Å². The van der Waals surface area contributed by atoms with Crippen molar-refractivity contribution in [3.05, 3.63) is 20.8 Å². The van der Waals surface area contributed by atoms with Crippen molar-refractivity contribution in [3.8, 4) is 0 Å². The predicted octanol–water partition coefficient (Wildman–Crippen LogP) is 2.59. The van der Waals surface area contributed by atoms with Crippen LogP contribution in [0.4, 0.5) is 0 Å². The molecule has 0 fully saturated rings. The molecule has 0 aliphatic rings. The summed E-state index contributed by atoms with van der Waals surface area (Å²) >= 11 is 5.40. The Labute approximate surface area is 105 Å². The first-order valence-corrected chi connectivity index (χ1v) is 6.84. The topological polar surface area (TPSA) is 15.3 Å². The lowest BCUT2D eigenvalue weighted by molar-refractivity contribution is 0.365. The number of hydrogen-bond donors (Lipinski definition) is 1. The number of thiophene rings is 1. The zero-order valence-corrected chi connectivity index (χ0v) is 12.0. The van der Waals surface area contributed by atoms with Crippen LogP contribution in [0.25, 0.3) is 0 Å². The third kappa shape index (κ3) is 4.64. The van der Waals surface area contributed by atoms with Gasteiger partial charge in [0.25, 0.3) is 0 Å².